The van der Waals surface area contributed by atoms with E-state index in [0.29, 0.717) is 42.3 Å². The number of phenolic OH excluding ortho intramolecular Hbond substituents is 1. The van der Waals surface area contributed by atoms with Gasteiger partial charge in [-0.2, -0.15) is 8.42 Å². The summed E-state index contributed by atoms with van der Waals surface area (Å²) in [6, 6.07) is 19.4. The van der Waals surface area contributed by atoms with Gasteiger partial charge in [-0.1, -0.05) is 30.3 Å². The van der Waals surface area contributed by atoms with E-state index in [1.165, 1.54) is 0 Å². The lowest BCUT2D eigenvalue weighted by molar-refractivity contribution is 0.0633. The topological polar surface area (TPSA) is 134 Å². The van der Waals surface area contributed by atoms with Gasteiger partial charge in [0.15, 0.2) is 5.84 Å². The molecule has 2 aliphatic rings. The van der Waals surface area contributed by atoms with E-state index in [2.05, 4.69) is 9.12 Å². The first-order valence-corrected chi connectivity index (χ1v) is 13.1. The second-order valence-electron chi connectivity index (χ2n) is 8.93. The van der Waals surface area contributed by atoms with Gasteiger partial charge in [-0.25, -0.2) is 0 Å². The molecule has 0 unspecified atom stereocenters. The molecule has 0 bridgehead atoms. The molecule has 1 fully saturated rings. The quantitative estimate of drug-likeness (QED) is 0.486. The van der Waals surface area contributed by atoms with Gasteiger partial charge in [0.25, 0.3) is 5.91 Å². The highest BCUT2D eigenvalue weighted by Crippen LogP contribution is 2.31. The minimum absolute atomic E-state index is 0.0513. The van der Waals surface area contributed by atoms with Crippen molar-refractivity contribution in [1.29, 1.82) is 0 Å². The number of piperidine rings is 1. The molecule has 10 heteroatoms. The average molecular weight is 507 g/mol. The van der Waals surface area contributed by atoms with Crippen LogP contribution in [0.15, 0.2) is 71.1 Å². The van der Waals surface area contributed by atoms with Gasteiger partial charge in [0.05, 0.1) is 17.9 Å². The first-order chi connectivity index (χ1) is 17.3. The summed E-state index contributed by atoms with van der Waals surface area (Å²) in [5, 5.41) is 9.79. The number of hydrogen-bond acceptors (Lipinski definition) is 6. The molecule has 36 heavy (non-hydrogen) atoms. The van der Waals surface area contributed by atoms with Crippen LogP contribution in [0.2, 0.25) is 0 Å². The van der Waals surface area contributed by atoms with Crippen LogP contribution in [0.3, 0.4) is 0 Å². The monoisotopic (exact) mass is 506 g/mol. The van der Waals surface area contributed by atoms with E-state index in [1.807, 2.05) is 29.2 Å². The van der Waals surface area contributed by atoms with E-state index in [0.717, 1.165) is 24.0 Å². The molecule has 1 saturated heterocycles. The summed E-state index contributed by atoms with van der Waals surface area (Å²) in [4.78, 5) is 15.1. The fourth-order valence-electron chi connectivity index (χ4n) is 4.63. The van der Waals surface area contributed by atoms with Crippen molar-refractivity contribution in [2.24, 2.45) is 16.0 Å². The summed E-state index contributed by atoms with van der Waals surface area (Å²) < 4.78 is 35.5. The molecule has 0 radical (unpaired) electrons. The van der Waals surface area contributed by atoms with Crippen molar-refractivity contribution >= 4 is 27.6 Å². The number of likely N-dealkylation sites (tertiary alicyclic amines) is 1. The van der Waals surface area contributed by atoms with Gasteiger partial charge in [0, 0.05) is 24.6 Å². The van der Waals surface area contributed by atoms with E-state index in [9.17, 15) is 18.3 Å². The Morgan fingerprint density at radius 3 is 2.67 bits per heavy atom. The van der Waals surface area contributed by atoms with Crippen molar-refractivity contribution in [2.75, 3.05) is 24.4 Å². The van der Waals surface area contributed by atoms with Gasteiger partial charge in [-0.15, -0.1) is 4.40 Å². The standard InChI is InChI=1S/C26H26N4O5S/c27-25-24-22(28-36(33,34)29-25)10-3-11-23(24)35-16-17-5-4-12-30(15-17)26(32)20-8-1-6-18(13-20)19-7-2-9-21(31)14-19/h1-3,6-11,13-14,17,28,31H,4-5,12,15-16H2,(H2,27,29)/t17-/m0/s1. The Kier molecular flexibility index (Phi) is 6.27. The summed E-state index contributed by atoms with van der Waals surface area (Å²) in [5.41, 5.74) is 8.93. The number of carbonyl (C=O) groups is 1. The average Bonchev–Trinajstić information content (AvgIpc) is 2.86. The molecule has 5 rings (SSSR count). The molecule has 0 saturated carbocycles. The summed E-state index contributed by atoms with van der Waals surface area (Å²) in [6.45, 7) is 1.55. The van der Waals surface area contributed by atoms with Crippen molar-refractivity contribution in [1.82, 2.24) is 4.90 Å². The Morgan fingerprint density at radius 1 is 1.11 bits per heavy atom. The number of aromatic hydroxyl groups is 1. The number of fused-ring (bicyclic) bond motifs is 1. The number of nitrogens with zero attached hydrogens (tertiary/aromatic N) is 2. The Balaban J connectivity index is 1.27. The molecule has 186 valence electrons. The largest absolute Gasteiger partial charge is 0.508 e. The molecule has 3 aromatic carbocycles. The number of carbonyl (C=O) groups excluding carboxylic acids is 1. The summed E-state index contributed by atoms with van der Waals surface area (Å²) >= 11 is 0. The lowest BCUT2D eigenvalue weighted by atomic mass is 9.97. The van der Waals surface area contributed by atoms with Gasteiger partial charge in [0.2, 0.25) is 0 Å². The third-order valence-corrected chi connectivity index (χ3v) is 7.22. The Labute approximate surface area is 209 Å². The molecular weight excluding hydrogens is 480 g/mol. The van der Waals surface area contributed by atoms with Crippen molar-refractivity contribution in [2.45, 2.75) is 12.8 Å². The second-order valence-corrected chi connectivity index (χ2v) is 10.3. The number of benzene rings is 3. The van der Waals surface area contributed by atoms with Crippen LogP contribution in [0, 0.1) is 5.92 Å². The lowest BCUT2D eigenvalue weighted by Crippen LogP contribution is -2.41. The molecule has 1 amide bonds. The van der Waals surface area contributed by atoms with Crippen LogP contribution in [0.5, 0.6) is 11.5 Å². The highest BCUT2D eigenvalue weighted by Gasteiger charge is 2.27. The molecule has 4 N–H and O–H groups in total. The smallest absolute Gasteiger partial charge is 0.344 e. The Morgan fingerprint density at radius 2 is 1.86 bits per heavy atom. The molecule has 0 spiro atoms. The number of amides is 1. The Bertz CT molecular complexity index is 1450. The lowest BCUT2D eigenvalue weighted by Gasteiger charge is -2.33. The Hall–Kier alpha value is -4.05. The molecule has 2 heterocycles. The predicted octanol–water partition coefficient (Wildman–Crippen LogP) is 3.37. The first-order valence-electron chi connectivity index (χ1n) is 11.6. The number of phenols is 1. The molecule has 0 aromatic heterocycles. The number of rotatable bonds is 5. The molecular formula is C26H26N4O5S. The predicted molar refractivity (Wildman–Crippen MR) is 137 cm³/mol. The minimum Gasteiger partial charge on any atom is -0.508 e. The van der Waals surface area contributed by atoms with Gasteiger partial charge in [-0.05, 0) is 60.4 Å². The van der Waals surface area contributed by atoms with Crippen LogP contribution in [-0.2, 0) is 10.2 Å². The third-order valence-electron chi connectivity index (χ3n) is 6.31. The molecule has 9 nitrogen and oxygen atoms in total. The number of anilines is 1. The summed E-state index contributed by atoms with van der Waals surface area (Å²) in [5.74, 6) is 0.550. The summed E-state index contributed by atoms with van der Waals surface area (Å²) in [7, 11) is -3.86. The fraction of sp³-hybridized carbons (Fsp3) is 0.231. The third kappa shape index (κ3) is 4.99. The maximum Gasteiger partial charge on any atom is 0.344 e. The first kappa shape index (κ1) is 23.7. The van der Waals surface area contributed by atoms with Crippen LogP contribution in [0.1, 0.15) is 28.8 Å². The number of hydrogen-bond donors (Lipinski definition) is 3. The zero-order valence-corrected chi connectivity index (χ0v) is 20.2. The van der Waals surface area contributed by atoms with Crippen LogP contribution in [-0.4, -0.2) is 49.9 Å². The van der Waals surface area contributed by atoms with Crippen LogP contribution in [0.25, 0.3) is 11.1 Å². The van der Waals surface area contributed by atoms with Gasteiger partial charge in [-0.3, -0.25) is 9.52 Å². The highest BCUT2D eigenvalue weighted by atomic mass is 32.2. The molecule has 1 atom stereocenters. The molecule has 3 aromatic rings. The van der Waals surface area contributed by atoms with Crippen LogP contribution >= 0.6 is 0 Å². The van der Waals surface area contributed by atoms with E-state index < -0.39 is 10.2 Å². The minimum atomic E-state index is -3.86. The number of ether oxygens (including phenoxy) is 1. The van der Waals surface area contributed by atoms with Gasteiger partial charge in [0.1, 0.15) is 11.5 Å². The SMILES string of the molecule is NC1=NS(=O)(=O)Nc2cccc(OC[C@H]3CCCN(C(=O)c4cccc(-c5cccc(O)c5)c4)C3)c21. The van der Waals surface area contributed by atoms with Crippen molar-refractivity contribution in [3.05, 3.63) is 77.9 Å². The van der Waals surface area contributed by atoms with E-state index in [4.69, 9.17) is 10.5 Å². The maximum absolute atomic E-state index is 13.3. The fourth-order valence-corrected chi connectivity index (χ4v) is 5.47. The normalized spacial score (nSPS) is 18.5. The van der Waals surface area contributed by atoms with Crippen molar-refractivity contribution in [3.63, 3.8) is 0 Å². The number of nitrogens with two attached hydrogens (primary N) is 1. The van der Waals surface area contributed by atoms with E-state index in [-0.39, 0.29) is 23.4 Å². The van der Waals surface area contributed by atoms with Crippen LogP contribution in [0.4, 0.5) is 5.69 Å². The van der Waals surface area contributed by atoms with E-state index in [1.54, 1.807) is 42.5 Å². The molecule has 0 aliphatic carbocycles. The number of nitrogens with one attached hydrogen (secondary N) is 1. The second kappa shape index (κ2) is 9.54. The van der Waals surface area contributed by atoms with Crippen molar-refractivity contribution < 1.29 is 23.1 Å². The van der Waals surface area contributed by atoms with Gasteiger partial charge < -0.3 is 20.5 Å². The molecule has 2 aliphatic heterocycles. The zero-order chi connectivity index (χ0) is 25.3. The number of amidine groups is 1. The van der Waals surface area contributed by atoms with Crippen LogP contribution < -0.4 is 15.2 Å². The van der Waals surface area contributed by atoms with E-state index >= 15 is 0 Å². The zero-order valence-electron chi connectivity index (χ0n) is 19.4. The summed E-state index contributed by atoms with van der Waals surface area (Å²) in [6.07, 6.45) is 1.75. The van der Waals surface area contributed by atoms with Gasteiger partial charge >= 0.3 is 10.2 Å². The van der Waals surface area contributed by atoms with Crippen molar-refractivity contribution in [3.8, 4) is 22.6 Å². The highest BCUT2D eigenvalue weighted by molar-refractivity contribution is 7.91. The maximum atomic E-state index is 13.3.